The number of benzene rings is 3. The molecule has 0 radical (unpaired) electrons. The Balaban J connectivity index is 1.67. The minimum Gasteiger partial charge on any atom is -0.492 e. The van der Waals surface area contributed by atoms with Crippen molar-refractivity contribution in [3.05, 3.63) is 88.2 Å². The Hall–Kier alpha value is -3.17. The lowest BCUT2D eigenvalue weighted by molar-refractivity contribution is -0.137. The fourth-order valence-electron chi connectivity index (χ4n) is 3.78. The molecule has 0 amide bonds. The van der Waals surface area contributed by atoms with Crippen LogP contribution in [0.3, 0.4) is 0 Å². The fraction of sp³-hybridized carbons (Fsp3) is 0.286. The van der Waals surface area contributed by atoms with Crippen LogP contribution in [0.25, 0.3) is 0 Å². The summed E-state index contributed by atoms with van der Waals surface area (Å²) in [5.41, 5.74) is 1.04. The van der Waals surface area contributed by atoms with Crippen molar-refractivity contribution >= 4 is 23.0 Å². The van der Waals surface area contributed by atoms with Gasteiger partial charge in [0.25, 0.3) is 0 Å². The summed E-state index contributed by atoms with van der Waals surface area (Å²) >= 11 is 6.34. The van der Waals surface area contributed by atoms with Gasteiger partial charge in [-0.3, -0.25) is 0 Å². The van der Waals surface area contributed by atoms with Gasteiger partial charge in [0, 0.05) is 5.69 Å². The Morgan fingerprint density at radius 3 is 2.29 bits per heavy atom. The van der Waals surface area contributed by atoms with Crippen LogP contribution in [-0.2, 0) is 18.0 Å². The molecule has 0 saturated carbocycles. The average molecular weight is 504 g/mol. The zero-order chi connectivity index (χ0) is 25.6. The van der Waals surface area contributed by atoms with E-state index in [1.807, 2.05) is 32.0 Å². The molecule has 1 N–H and O–H groups in total. The summed E-state index contributed by atoms with van der Waals surface area (Å²) in [5, 5.41) is 3.36. The van der Waals surface area contributed by atoms with E-state index in [-0.39, 0.29) is 5.69 Å². The molecule has 0 heterocycles. The topological polar surface area (TPSA) is 21.3 Å². The van der Waals surface area contributed by atoms with Crippen LogP contribution in [0.2, 0.25) is 5.02 Å². The predicted molar refractivity (Wildman–Crippen MR) is 133 cm³/mol. The van der Waals surface area contributed by atoms with Crippen LogP contribution in [0.1, 0.15) is 43.4 Å². The minimum atomic E-state index is -4.42. The van der Waals surface area contributed by atoms with E-state index in [9.17, 15) is 17.6 Å². The number of alkyl halides is 3. The highest BCUT2D eigenvalue weighted by Crippen LogP contribution is 2.35. The van der Waals surface area contributed by atoms with Gasteiger partial charge in [0.2, 0.25) is 0 Å². The van der Waals surface area contributed by atoms with Crippen molar-refractivity contribution in [2.75, 3.05) is 11.9 Å². The van der Waals surface area contributed by atoms with Gasteiger partial charge in [-0.25, -0.2) is 4.39 Å². The first kappa shape index (κ1) is 26.4. The van der Waals surface area contributed by atoms with Crippen LogP contribution in [0.5, 0.6) is 5.75 Å². The largest absolute Gasteiger partial charge is 0.492 e. The zero-order valence-electron chi connectivity index (χ0n) is 19.5. The number of hydrogen-bond acceptors (Lipinski definition) is 2. The standard InChI is InChI=1S/C28H26ClF4NO/c1-4-27(3,21-11-15-26(35-5-2)23(29)18-21)16-6-7-19-8-14-24(30)25(17-19)34-22-12-9-20(10-13-22)28(31,32)33/h1,8-15,17-18,34H,5-7,16H2,2-3H3. The molecule has 7 heteroatoms. The Bertz CT molecular complexity index is 1200. The molecular weight excluding hydrogens is 478 g/mol. The van der Waals surface area contributed by atoms with Gasteiger partial charge in [0.15, 0.2) is 0 Å². The van der Waals surface area contributed by atoms with Gasteiger partial charge in [-0.2, -0.15) is 13.2 Å². The van der Waals surface area contributed by atoms with Gasteiger partial charge in [0.05, 0.1) is 28.3 Å². The Morgan fingerprint density at radius 2 is 1.69 bits per heavy atom. The molecule has 3 rings (SSSR count). The van der Waals surface area contributed by atoms with Gasteiger partial charge >= 0.3 is 6.18 Å². The third-order valence-corrected chi connectivity index (χ3v) is 6.15. The number of rotatable bonds is 9. The lowest BCUT2D eigenvalue weighted by Gasteiger charge is -2.25. The van der Waals surface area contributed by atoms with Crippen LogP contribution < -0.4 is 10.1 Å². The van der Waals surface area contributed by atoms with E-state index in [0.29, 0.717) is 35.9 Å². The number of aryl methyl sites for hydroxylation is 1. The summed E-state index contributed by atoms with van der Waals surface area (Å²) in [7, 11) is 0. The maximum Gasteiger partial charge on any atom is 0.416 e. The molecule has 0 fully saturated rings. The maximum absolute atomic E-state index is 14.3. The van der Waals surface area contributed by atoms with E-state index >= 15 is 0 Å². The molecule has 184 valence electrons. The first-order valence-electron chi connectivity index (χ1n) is 11.2. The molecule has 3 aromatic carbocycles. The quantitative estimate of drug-likeness (QED) is 0.233. The Kier molecular flexibility index (Phi) is 8.34. The van der Waals surface area contributed by atoms with Crippen LogP contribution >= 0.6 is 11.6 Å². The second-order valence-corrected chi connectivity index (χ2v) is 8.83. The number of ether oxygens (including phenoxy) is 1. The Morgan fingerprint density at radius 1 is 1.00 bits per heavy atom. The van der Waals surface area contributed by atoms with E-state index in [4.69, 9.17) is 22.8 Å². The average Bonchev–Trinajstić information content (AvgIpc) is 2.82. The third kappa shape index (κ3) is 6.70. The van der Waals surface area contributed by atoms with E-state index in [2.05, 4.69) is 11.2 Å². The van der Waals surface area contributed by atoms with E-state index in [0.717, 1.165) is 29.7 Å². The van der Waals surface area contributed by atoms with Crippen molar-refractivity contribution in [3.8, 4) is 18.1 Å². The molecule has 1 unspecified atom stereocenters. The van der Waals surface area contributed by atoms with E-state index < -0.39 is 23.0 Å². The molecule has 0 aliphatic rings. The number of hydrogen-bond donors (Lipinski definition) is 1. The minimum absolute atomic E-state index is 0.195. The molecule has 1 atom stereocenters. The molecule has 0 saturated heterocycles. The normalized spacial score (nSPS) is 13.1. The summed E-state index contributed by atoms with van der Waals surface area (Å²) < 4.78 is 58.1. The lowest BCUT2D eigenvalue weighted by Crippen LogP contribution is -2.20. The number of anilines is 2. The van der Waals surface area contributed by atoms with Crippen molar-refractivity contribution in [1.82, 2.24) is 0 Å². The summed E-state index contributed by atoms with van der Waals surface area (Å²) in [4.78, 5) is 0. The first-order valence-corrected chi connectivity index (χ1v) is 11.6. The lowest BCUT2D eigenvalue weighted by atomic mass is 9.78. The monoisotopic (exact) mass is 503 g/mol. The SMILES string of the molecule is C#CC(C)(CCCc1ccc(F)c(Nc2ccc(C(F)(F)F)cc2)c1)c1ccc(OCC)c(Cl)c1. The van der Waals surface area contributed by atoms with Crippen molar-refractivity contribution in [2.24, 2.45) is 0 Å². The molecule has 2 nitrogen and oxygen atoms in total. The van der Waals surface area contributed by atoms with Gasteiger partial charge in [-0.05, 0) is 92.8 Å². The zero-order valence-corrected chi connectivity index (χ0v) is 20.2. The summed E-state index contributed by atoms with van der Waals surface area (Å²) in [6, 6.07) is 14.7. The van der Waals surface area contributed by atoms with E-state index in [1.165, 1.54) is 18.2 Å². The second-order valence-electron chi connectivity index (χ2n) is 8.42. The van der Waals surface area contributed by atoms with Crippen LogP contribution in [-0.4, -0.2) is 6.61 Å². The molecule has 0 aliphatic heterocycles. The highest BCUT2D eigenvalue weighted by molar-refractivity contribution is 6.32. The fourth-order valence-corrected chi connectivity index (χ4v) is 4.02. The second kappa shape index (κ2) is 11.0. The molecule has 0 bridgehead atoms. The molecule has 35 heavy (non-hydrogen) atoms. The smallest absolute Gasteiger partial charge is 0.416 e. The van der Waals surface area contributed by atoms with Gasteiger partial charge in [-0.1, -0.05) is 29.7 Å². The molecular formula is C28H26ClF4NO. The van der Waals surface area contributed by atoms with Crippen molar-refractivity contribution in [3.63, 3.8) is 0 Å². The van der Waals surface area contributed by atoms with Crippen LogP contribution in [0, 0.1) is 18.2 Å². The molecule has 0 spiro atoms. The highest BCUT2D eigenvalue weighted by Gasteiger charge is 2.30. The third-order valence-electron chi connectivity index (χ3n) is 5.85. The van der Waals surface area contributed by atoms with Gasteiger partial charge < -0.3 is 10.1 Å². The van der Waals surface area contributed by atoms with Crippen LogP contribution in [0.4, 0.5) is 28.9 Å². The van der Waals surface area contributed by atoms with Gasteiger partial charge in [-0.15, -0.1) is 6.42 Å². The Labute approximate surface area is 208 Å². The number of halogens is 5. The van der Waals surface area contributed by atoms with Crippen molar-refractivity contribution in [1.29, 1.82) is 0 Å². The number of terminal acetylenes is 1. The van der Waals surface area contributed by atoms with Gasteiger partial charge in [0.1, 0.15) is 11.6 Å². The van der Waals surface area contributed by atoms with Crippen molar-refractivity contribution in [2.45, 2.75) is 44.7 Å². The predicted octanol–water partition coefficient (Wildman–Crippen LogP) is 8.55. The summed E-state index contributed by atoms with van der Waals surface area (Å²) in [6.45, 7) is 4.37. The summed E-state index contributed by atoms with van der Waals surface area (Å²) in [6.07, 6.45) is 3.50. The number of nitrogens with one attached hydrogen (secondary N) is 1. The summed E-state index contributed by atoms with van der Waals surface area (Å²) in [5.74, 6) is 2.99. The highest BCUT2D eigenvalue weighted by atomic mass is 35.5. The van der Waals surface area contributed by atoms with Crippen molar-refractivity contribution < 1.29 is 22.3 Å². The molecule has 0 aliphatic carbocycles. The van der Waals surface area contributed by atoms with E-state index in [1.54, 1.807) is 12.1 Å². The molecule has 0 aromatic heterocycles. The first-order chi connectivity index (χ1) is 16.6. The molecule has 3 aromatic rings. The maximum atomic E-state index is 14.3. The van der Waals surface area contributed by atoms with Crippen LogP contribution in [0.15, 0.2) is 60.7 Å².